The van der Waals surface area contributed by atoms with Crippen LogP contribution in [0.5, 0.6) is 0 Å². The molecular formula is C21H23Cl2F2N5O2. The van der Waals surface area contributed by atoms with Gasteiger partial charge in [-0.15, -0.1) is 12.4 Å². The third-order valence-corrected chi connectivity index (χ3v) is 4.50. The molecule has 1 aliphatic carbocycles. The van der Waals surface area contributed by atoms with Crippen LogP contribution in [0.25, 0.3) is 0 Å². The normalized spacial score (nSPS) is 13.4. The monoisotopic (exact) mass is 485 g/mol. The highest BCUT2D eigenvalue weighted by molar-refractivity contribution is 6.34. The molecule has 1 aliphatic rings. The molecule has 0 saturated heterocycles. The van der Waals surface area contributed by atoms with E-state index in [1.807, 2.05) is 0 Å². The fraction of sp³-hybridized carbons (Fsp3) is 0.429. The lowest BCUT2D eigenvalue weighted by atomic mass is 10.2. The van der Waals surface area contributed by atoms with Gasteiger partial charge in [0.15, 0.2) is 0 Å². The van der Waals surface area contributed by atoms with Crippen LogP contribution in [0.15, 0.2) is 23.6 Å². The van der Waals surface area contributed by atoms with Gasteiger partial charge in [-0.25, -0.2) is 8.78 Å². The first-order chi connectivity index (χ1) is 14.7. The largest absolute Gasteiger partial charge is 0.393 e. The minimum atomic E-state index is -2.88. The summed E-state index contributed by atoms with van der Waals surface area (Å²) >= 11 is 6.38. The van der Waals surface area contributed by atoms with E-state index in [0.29, 0.717) is 17.2 Å². The second kappa shape index (κ2) is 11.2. The standard InChI is InChI=1S/C21H22ClF2N5O2.ClH/c1-12(2)31-28-17(10-26-21(30)15-11-29(3)27-18(15)20(23)24)19-16(22)8-14(9-25-19)7-6-13-4-5-13;/h8-9,11-13,20H,4-5,10H2,1-3H3,(H,26,30);1H. The molecule has 0 aliphatic heterocycles. The molecule has 7 nitrogen and oxygen atoms in total. The summed E-state index contributed by atoms with van der Waals surface area (Å²) in [6.07, 6.45) is 1.92. The van der Waals surface area contributed by atoms with Crippen molar-refractivity contribution in [1.82, 2.24) is 20.1 Å². The summed E-state index contributed by atoms with van der Waals surface area (Å²) in [6, 6.07) is 1.67. The van der Waals surface area contributed by atoms with E-state index in [4.69, 9.17) is 16.4 Å². The summed E-state index contributed by atoms with van der Waals surface area (Å²) in [7, 11) is 1.46. The van der Waals surface area contributed by atoms with E-state index in [2.05, 4.69) is 32.4 Å². The van der Waals surface area contributed by atoms with Crippen LogP contribution < -0.4 is 5.32 Å². The van der Waals surface area contributed by atoms with E-state index in [1.165, 1.54) is 13.2 Å². The van der Waals surface area contributed by atoms with Crippen LogP contribution in [0.1, 0.15) is 60.4 Å². The predicted molar refractivity (Wildman–Crippen MR) is 119 cm³/mol. The zero-order valence-electron chi connectivity index (χ0n) is 17.7. The topological polar surface area (TPSA) is 81.4 Å². The van der Waals surface area contributed by atoms with Gasteiger partial charge in [-0.3, -0.25) is 14.5 Å². The van der Waals surface area contributed by atoms with Crippen molar-refractivity contribution in [3.05, 3.63) is 46.0 Å². The van der Waals surface area contributed by atoms with Crippen LogP contribution in [0.3, 0.4) is 0 Å². The number of halogens is 4. The fourth-order valence-electron chi connectivity index (χ4n) is 2.56. The van der Waals surface area contributed by atoms with Crippen LogP contribution in [-0.2, 0) is 11.9 Å². The van der Waals surface area contributed by atoms with Gasteiger partial charge in [-0.2, -0.15) is 5.10 Å². The number of rotatable bonds is 7. The molecule has 2 aromatic heterocycles. The van der Waals surface area contributed by atoms with Crippen molar-refractivity contribution in [1.29, 1.82) is 0 Å². The highest BCUT2D eigenvalue weighted by atomic mass is 35.5. The lowest BCUT2D eigenvalue weighted by molar-refractivity contribution is 0.0853. The van der Waals surface area contributed by atoms with Gasteiger partial charge in [-0.1, -0.05) is 28.6 Å². The number of oxime groups is 1. The maximum atomic E-state index is 13.1. The molecule has 0 atom stereocenters. The van der Waals surface area contributed by atoms with Gasteiger partial charge in [-0.05, 0) is 32.8 Å². The molecule has 1 N–H and O–H groups in total. The third-order valence-electron chi connectivity index (χ3n) is 4.21. The molecule has 0 aromatic carbocycles. The van der Waals surface area contributed by atoms with Crippen molar-refractivity contribution in [2.45, 2.75) is 39.2 Å². The van der Waals surface area contributed by atoms with E-state index in [1.54, 1.807) is 26.1 Å². The summed E-state index contributed by atoms with van der Waals surface area (Å²) in [6.45, 7) is 3.44. The van der Waals surface area contributed by atoms with Crippen molar-refractivity contribution in [2.75, 3.05) is 6.54 Å². The number of nitrogens with one attached hydrogen (secondary N) is 1. The number of alkyl halides is 2. The number of pyridine rings is 1. The second-order valence-electron chi connectivity index (χ2n) is 7.38. The van der Waals surface area contributed by atoms with E-state index in [0.717, 1.165) is 17.5 Å². The molecule has 0 spiro atoms. The number of aromatic nitrogens is 3. The van der Waals surface area contributed by atoms with Gasteiger partial charge < -0.3 is 10.2 Å². The Kier molecular flexibility index (Phi) is 8.99. The van der Waals surface area contributed by atoms with Gasteiger partial charge in [0, 0.05) is 30.9 Å². The Bertz CT molecular complexity index is 1060. The highest BCUT2D eigenvalue weighted by Gasteiger charge is 2.23. The molecule has 3 rings (SSSR count). The first-order valence-corrected chi connectivity index (χ1v) is 10.1. The van der Waals surface area contributed by atoms with Crippen molar-refractivity contribution in [3.8, 4) is 11.8 Å². The summed E-state index contributed by atoms with van der Waals surface area (Å²) in [5, 5.41) is 10.5. The highest BCUT2D eigenvalue weighted by Crippen LogP contribution is 2.27. The van der Waals surface area contributed by atoms with E-state index >= 15 is 0 Å². The van der Waals surface area contributed by atoms with E-state index in [9.17, 15) is 13.6 Å². The molecule has 172 valence electrons. The molecule has 2 heterocycles. The van der Waals surface area contributed by atoms with Gasteiger partial charge in [0.1, 0.15) is 23.2 Å². The molecule has 2 aromatic rings. The van der Waals surface area contributed by atoms with Crippen LogP contribution in [-0.4, -0.2) is 39.0 Å². The fourth-order valence-corrected chi connectivity index (χ4v) is 2.84. The lowest BCUT2D eigenvalue weighted by Crippen LogP contribution is -2.31. The summed E-state index contributed by atoms with van der Waals surface area (Å²) in [5.41, 5.74) is 0.417. The maximum Gasteiger partial charge on any atom is 0.282 e. The van der Waals surface area contributed by atoms with Crippen molar-refractivity contribution < 1.29 is 18.4 Å². The Balaban J connectivity index is 0.00000363. The van der Waals surface area contributed by atoms with Crippen molar-refractivity contribution >= 4 is 35.6 Å². The summed E-state index contributed by atoms with van der Waals surface area (Å²) in [5.74, 6) is 5.89. The predicted octanol–water partition coefficient (Wildman–Crippen LogP) is 4.15. The molecule has 11 heteroatoms. The Hall–Kier alpha value is -2.70. The number of hydrogen-bond donors (Lipinski definition) is 1. The molecule has 0 unspecified atom stereocenters. The number of aryl methyl sites for hydroxylation is 1. The zero-order chi connectivity index (χ0) is 22.5. The molecule has 1 saturated carbocycles. The molecular weight excluding hydrogens is 463 g/mol. The van der Waals surface area contributed by atoms with E-state index < -0.39 is 18.0 Å². The average Bonchev–Trinajstić information content (AvgIpc) is 3.46. The van der Waals surface area contributed by atoms with Gasteiger partial charge >= 0.3 is 0 Å². The van der Waals surface area contributed by atoms with Crippen molar-refractivity contribution in [3.63, 3.8) is 0 Å². The van der Waals surface area contributed by atoms with Gasteiger partial charge in [0.05, 0.1) is 17.1 Å². The summed E-state index contributed by atoms with van der Waals surface area (Å²) < 4.78 is 27.4. The number of carbonyl (C=O) groups excluding carboxylic acids is 1. The Morgan fingerprint density at radius 2 is 2.16 bits per heavy atom. The Labute approximate surface area is 196 Å². The lowest BCUT2D eigenvalue weighted by Gasteiger charge is -2.11. The minimum absolute atomic E-state index is 0. The molecule has 0 radical (unpaired) electrons. The second-order valence-corrected chi connectivity index (χ2v) is 7.78. The number of hydrogen-bond acceptors (Lipinski definition) is 5. The number of amides is 1. The van der Waals surface area contributed by atoms with Crippen LogP contribution in [0, 0.1) is 17.8 Å². The Morgan fingerprint density at radius 1 is 1.44 bits per heavy atom. The average molecular weight is 486 g/mol. The quantitative estimate of drug-likeness (QED) is 0.362. The molecule has 32 heavy (non-hydrogen) atoms. The first-order valence-electron chi connectivity index (χ1n) is 9.74. The van der Waals surface area contributed by atoms with Crippen LogP contribution >= 0.6 is 24.0 Å². The van der Waals surface area contributed by atoms with Crippen molar-refractivity contribution in [2.24, 2.45) is 18.1 Å². The van der Waals surface area contributed by atoms with Gasteiger partial charge in [0.25, 0.3) is 12.3 Å². The van der Waals surface area contributed by atoms with Crippen LogP contribution in [0.4, 0.5) is 8.78 Å². The zero-order valence-corrected chi connectivity index (χ0v) is 19.3. The molecule has 0 bridgehead atoms. The third kappa shape index (κ3) is 6.90. The number of nitrogens with zero attached hydrogens (tertiary/aromatic N) is 4. The molecule has 1 amide bonds. The first kappa shape index (κ1) is 25.6. The Morgan fingerprint density at radius 3 is 2.75 bits per heavy atom. The summed E-state index contributed by atoms with van der Waals surface area (Å²) in [4.78, 5) is 22.1. The van der Waals surface area contributed by atoms with E-state index in [-0.39, 0.29) is 41.4 Å². The van der Waals surface area contributed by atoms with Gasteiger partial charge in [0.2, 0.25) is 0 Å². The number of carbonyl (C=O) groups is 1. The SMILES string of the molecule is CC(C)ON=C(CNC(=O)c1cn(C)nc1C(F)F)c1ncc(C#CC2CC2)cc1Cl.Cl. The smallest absolute Gasteiger partial charge is 0.282 e. The molecule has 1 fully saturated rings. The van der Waals surface area contributed by atoms with Crippen LogP contribution in [0.2, 0.25) is 5.02 Å². The minimum Gasteiger partial charge on any atom is -0.393 e. The maximum absolute atomic E-state index is 13.1.